The number of halogens is 2. The third-order valence-electron chi connectivity index (χ3n) is 3.37. The van der Waals surface area contributed by atoms with Crippen LogP contribution < -0.4 is 11.2 Å². The van der Waals surface area contributed by atoms with Gasteiger partial charge in [-0.3, -0.25) is 19.9 Å². The normalized spacial score (nSPS) is 11.2. The highest BCUT2D eigenvalue weighted by Gasteiger charge is 2.19. The second-order valence-electron chi connectivity index (χ2n) is 5.09. The summed E-state index contributed by atoms with van der Waals surface area (Å²) in [5.74, 6) is -1.27. The highest BCUT2D eigenvalue weighted by molar-refractivity contribution is 5.71. The van der Waals surface area contributed by atoms with E-state index in [1.165, 1.54) is 24.3 Å². The van der Waals surface area contributed by atoms with Crippen molar-refractivity contribution in [2.75, 3.05) is 0 Å². The average Bonchev–Trinajstić information content (AvgIpc) is 3.00. The van der Waals surface area contributed by atoms with E-state index in [0.29, 0.717) is 6.07 Å². The van der Waals surface area contributed by atoms with E-state index in [0.717, 1.165) is 12.1 Å². The number of nitrogens with one attached hydrogen (secondary N) is 2. The molecule has 0 amide bonds. The fourth-order valence-electron chi connectivity index (χ4n) is 2.24. The lowest BCUT2D eigenvalue weighted by atomic mass is 10.1. The second-order valence-corrected chi connectivity index (χ2v) is 5.09. The zero-order valence-electron chi connectivity index (χ0n) is 12.8. The van der Waals surface area contributed by atoms with E-state index >= 15 is 0 Å². The monoisotopic (exact) mass is 361 g/mol. The van der Waals surface area contributed by atoms with Crippen molar-refractivity contribution in [1.82, 2.24) is 9.97 Å². The third-order valence-corrected chi connectivity index (χ3v) is 3.37. The quantitative estimate of drug-likeness (QED) is 0.546. The van der Waals surface area contributed by atoms with E-state index in [-0.39, 0.29) is 22.8 Å². The van der Waals surface area contributed by atoms with Gasteiger partial charge in [0.1, 0.15) is 28.8 Å². The molecule has 1 aromatic carbocycles. The van der Waals surface area contributed by atoms with Crippen molar-refractivity contribution in [2.45, 2.75) is 0 Å². The van der Waals surface area contributed by atoms with Crippen LogP contribution in [0.1, 0.15) is 11.5 Å². The Bertz CT molecular complexity index is 1140. The molecule has 3 aromatic rings. The second kappa shape index (κ2) is 6.59. The molecule has 0 atom stereocenters. The molecule has 26 heavy (non-hydrogen) atoms. The van der Waals surface area contributed by atoms with Gasteiger partial charge in [0.15, 0.2) is 0 Å². The molecule has 0 aliphatic carbocycles. The van der Waals surface area contributed by atoms with E-state index in [2.05, 4.69) is 4.98 Å². The molecule has 0 aliphatic rings. The summed E-state index contributed by atoms with van der Waals surface area (Å²) < 4.78 is 32.1. The number of nitro groups is 1. The summed E-state index contributed by atoms with van der Waals surface area (Å²) in [4.78, 5) is 36.7. The van der Waals surface area contributed by atoms with Gasteiger partial charge in [-0.05, 0) is 36.4 Å². The van der Waals surface area contributed by atoms with Crippen molar-refractivity contribution in [3.05, 3.63) is 84.4 Å². The summed E-state index contributed by atoms with van der Waals surface area (Å²) in [5, 5.41) is 11.0. The standard InChI is InChI=1S/C16H9F2N3O5/c17-8-1-4-10(11(18)7-8)13-6-3-9(26-13)2-5-12-14(21(24)25)15(22)20-16(23)19-12/h1-7H,(H2,19,20,22,23)/b5-2+. The summed E-state index contributed by atoms with van der Waals surface area (Å²) in [5.41, 5.74) is -3.19. The molecule has 0 bridgehead atoms. The number of hydrogen-bond donors (Lipinski definition) is 2. The molecule has 0 saturated carbocycles. The van der Waals surface area contributed by atoms with Gasteiger partial charge in [0, 0.05) is 6.07 Å². The van der Waals surface area contributed by atoms with E-state index in [1.807, 2.05) is 0 Å². The Morgan fingerprint density at radius 2 is 1.85 bits per heavy atom. The van der Waals surface area contributed by atoms with Gasteiger partial charge in [0.05, 0.1) is 10.5 Å². The van der Waals surface area contributed by atoms with Crippen molar-refractivity contribution in [1.29, 1.82) is 0 Å². The van der Waals surface area contributed by atoms with Crippen molar-refractivity contribution in [3.63, 3.8) is 0 Å². The van der Waals surface area contributed by atoms with Gasteiger partial charge < -0.3 is 9.40 Å². The fraction of sp³-hybridized carbons (Fsp3) is 0. The van der Waals surface area contributed by atoms with Gasteiger partial charge in [-0.2, -0.15) is 0 Å². The number of aromatic amines is 2. The molecular weight excluding hydrogens is 352 g/mol. The molecule has 0 unspecified atom stereocenters. The number of hydrogen-bond acceptors (Lipinski definition) is 5. The first kappa shape index (κ1) is 17.0. The summed E-state index contributed by atoms with van der Waals surface area (Å²) in [7, 11) is 0. The maximum atomic E-state index is 13.8. The van der Waals surface area contributed by atoms with Crippen molar-refractivity contribution >= 4 is 17.8 Å². The first-order chi connectivity index (χ1) is 12.3. The Labute approximate surface area is 142 Å². The molecule has 0 aliphatic heterocycles. The van der Waals surface area contributed by atoms with Crippen LogP contribution in [0.15, 0.2) is 44.3 Å². The zero-order valence-corrected chi connectivity index (χ0v) is 12.8. The van der Waals surface area contributed by atoms with Crippen molar-refractivity contribution in [3.8, 4) is 11.3 Å². The molecule has 2 N–H and O–H groups in total. The first-order valence-corrected chi connectivity index (χ1v) is 7.09. The number of rotatable bonds is 4. The van der Waals surface area contributed by atoms with Gasteiger partial charge in [-0.15, -0.1) is 0 Å². The van der Waals surface area contributed by atoms with Gasteiger partial charge in [-0.1, -0.05) is 0 Å². The minimum Gasteiger partial charge on any atom is -0.457 e. The van der Waals surface area contributed by atoms with Crippen molar-refractivity contribution in [2.24, 2.45) is 0 Å². The summed E-state index contributed by atoms with van der Waals surface area (Å²) >= 11 is 0. The predicted molar refractivity (Wildman–Crippen MR) is 87.3 cm³/mol. The topological polar surface area (TPSA) is 122 Å². The van der Waals surface area contributed by atoms with Gasteiger partial charge in [0.25, 0.3) is 0 Å². The predicted octanol–water partition coefficient (Wildman–Crippen LogP) is 2.68. The molecule has 2 heterocycles. The minimum atomic E-state index is -1.15. The maximum absolute atomic E-state index is 13.8. The highest BCUT2D eigenvalue weighted by atomic mass is 19.1. The summed E-state index contributed by atoms with van der Waals surface area (Å²) in [6.07, 6.45) is 2.36. The van der Waals surface area contributed by atoms with Crippen LogP contribution in [0.4, 0.5) is 14.5 Å². The van der Waals surface area contributed by atoms with Crippen LogP contribution in [0.2, 0.25) is 0 Å². The first-order valence-electron chi connectivity index (χ1n) is 7.09. The minimum absolute atomic E-state index is 0.0293. The van der Waals surface area contributed by atoms with Crippen LogP contribution >= 0.6 is 0 Å². The molecule has 8 nitrogen and oxygen atoms in total. The third kappa shape index (κ3) is 3.34. The van der Waals surface area contributed by atoms with Crippen LogP contribution in [0.3, 0.4) is 0 Å². The fourth-order valence-corrected chi connectivity index (χ4v) is 2.24. The van der Waals surface area contributed by atoms with Gasteiger partial charge >= 0.3 is 16.9 Å². The Balaban J connectivity index is 1.96. The summed E-state index contributed by atoms with van der Waals surface area (Å²) in [6.45, 7) is 0. The number of H-pyrrole nitrogens is 2. The van der Waals surface area contributed by atoms with E-state index in [1.54, 1.807) is 4.98 Å². The highest BCUT2D eigenvalue weighted by Crippen LogP contribution is 2.26. The van der Waals surface area contributed by atoms with Crippen LogP contribution in [0.5, 0.6) is 0 Å². The van der Waals surface area contributed by atoms with Crippen LogP contribution in [-0.2, 0) is 0 Å². The number of aromatic nitrogens is 2. The maximum Gasteiger partial charge on any atom is 0.357 e. The molecule has 0 spiro atoms. The lowest BCUT2D eigenvalue weighted by Crippen LogP contribution is -2.25. The molecule has 0 saturated heterocycles. The number of benzene rings is 1. The smallest absolute Gasteiger partial charge is 0.357 e. The molecule has 132 valence electrons. The lowest BCUT2D eigenvalue weighted by molar-refractivity contribution is -0.386. The van der Waals surface area contributed by atoms with E-state index in [4.69, 9.17) is 4.42 Å². The zero-order chi connectivity index (χ0) is 18.8. The molecule has 0 fully saturated rings. The largest absolute Gasteiger partial charge is 0.457 e. The summed E-state index contributed by atoms with van der Waals surface area (Å²) in [6, 6.07) is 5.84. The van der Waals surface area contributed by atoms with Crippen LogP contribution in [-0.4, -0.2) is 14.9 Å². The average molecular weight is 361 g/mol. The van der Waals surface area contributed by atoms with E-state index < -0.39 is 33.5 Å². The van der Waals surface area contributed by atoms with Gasteiger partial charge in [-0.25, -0.2) is 13.6 Å². The Hall–Kier alpha value is -3.82. The molecular formula is C16H9F2N3O5. The van der Waals surface area contributed by atoms with E-state index in [9.17, 15) is 28.5 Å². The number of nitrogens with zero attached hydrogens (tertiary/aromatic N) is 1. The van der Waals surface area contributed by atoms with Crippen LogP contribution in [0.25, 0.3) is 23.5 Å². The van der Waals surface area contributed by atoms with Gasteiger partial charge in [0.2, 0.25) is 0 Å². The molecule has 3 rings (SSSR count). The lowest BCUT2D eigenvalue weighted by Gasteiger charge is -1.99. The molecule has 0 radical (unpaired) electrons. The Morgan fingerprint density at radius 1 is 1.08 bits per heavy atom. The van der Waals surface area contributed by atoms with Crippen molar-refractivity contribution < 1.29 is 18.1 Å². The number of furan rings is 1. The SMILES string of the molecule is O=c1[nH]c(/C=C/c2ccc(-c3ccc(F)cc3F)o2)c([N+](=O)[O-])c(=O)[nH]1. The Kier molecular flexibility index (Phi) is 4.31. The molecule has 10 heteroatoms. The Morgan fingerprint density at radius 3 is 2.54 bits per heavy atom. The van der Waals surface area contributed by atoms with Crippen LogP contribution in [0, 0.1) is 21.7 Å². The molecule has 2 aromatic heterocycles.